The van der Waals surface area contributed by atoms with E-state index in [1.807, 2.05) is 36.0 Å². The lowest BCUT2D eigenvalue weighted by molar-refractivity contribution is -0.112. The van der Waals surface area contributed by atoms with E-state index in [0.717, 1.165) is 46.3 Å². The summed E-state index contributed by atoms with van der Waals surface area (Å²) in [5.41, 5.74) is 1.15. The van der Waals surface area contributed by atoms with Crippen molar-refractivity contribution in [2.45, 2.75) is 6.04 Å². The van der Waals surface area contributed by atoms with E-state index in [1.54, 1.807) is 11.3 Å². The summed E-state index contributed by atoms with van der Waals surface area (Å²) in [6.45, 7) is 1.98. The highest BCUT2D eigenvalue weighted by atomic mass is 35.5. The lowest BCUT2D eigenvalue weighted by Gasteiger charge is -2.30. The van der Waals surface area contributed by atoms with E-state index >= 15 is 0 Å². The number of carbonyl (C=O) groups excluding carboxylic acids is 1. The molecule has 0 N–H and O–H groups in total. The molecule has 0 radical (unpaired) electrons. The van der Waals surface area contributed by atoms with Crippen LogP contribution in [0.15, 0.2) is 36.4 Å². The fraction of sp³-hybridized carbons (Fsp3) is 0.312. The summed E-state index contributed by atoms with van der Waals surface area (Å²) in [5, 5.41) is 0.743. The lowest BCUT2D eigenvalue weighted by atomic mass is 10.2. The van der Waals surface area contributed by atoms with Crippen molar-refractivity contribution in [2.24, 2.45) is 0 Å². The van der Waals surface area contributed by atoms with Crippen LogP contribution in [0.2, 0.25) is 5.02 Å². The molecule has 0 saturated carbocycles. The molecule has 1 aromatic heterocycles. The second kappa shape index (κ2) is 6.97. The van der Waals surface area contributed by atoms with Gasteiger partial charge in [-0.05, 0) is 29.8 Å². The first-order valence-electron chi connectivity index (χ1n) is 6.90. The number of halogens is 1. The Morgan fingerprint density at radius 2 is 1.81 bits per heavy atom. The molecule has 5 heteroatoms. The van der Waals surface area contributed by atoms with Gasteiger partial charge in [0.15, 0.2) is 0 Å². The van der Waals surface area contributed by atoms with Gasteiger partial charge in [0.05, 0.1) is 0 Å². The smallest absolute Gasteiger partial charge is 0.142 e. The zero-order valence-corrected chi connectivity index (χ0v) is 13.9. The molecule has 21 heavy (non-hydrogen) atoms. The maximum Gasteiger partial charge on any atom is 0.142 e. The van der Waals surface area contributed by atoms with Crippen LogP contribution in [-0.2, 0) is 4.79 Å². The van der Waals surface area contributed by atoms with E-state index in [-0.39, 0.29) is 6.04 Å². The van der Waals surface area contributed by atoms with Crippen molar-refractivity contribution in [1.29, 1.82) is 0 Å². The molecule has 1 saturated heterocycles. The third-order valence-electron chi connectivity index (χ3n) is 3.61. The van der Waals surface area contributed by atoms with Gasteiger partial charge in [0, 0.05) is 39.4 Å². The van der Waals surface area contributed by atoms with Gasteiger partial charge in [-0.3, -0.25) is 4.90 Å². The van der Waals surface area contributed by atoms with Crippen molar-refractivity contribution < 1.29 is 4.79 Å². The van der Waals surface area contributed by atoms with Crippen LogP contribution in [0, 0.1) is 0 Å². The number of hydrogen-bond acceptors (Lipinski definition) is 4. The summed E-state index contributed by atoms with van der Waals surface area (Å²) in [7, 11) is 0. The van der Waals surface area contributed by atoms with E-state index in [2.05, 4.69) is 17.0 Å². The first kappa shape index (κ1) is 15.1. The number of carbonyl (C=O) groups is 1. The van der Waals surface area contributed by atoms with Crippen LogP contribution in [-0.4, -0.2) is 35.8 Å². The number of thioether (sulfide) groups is 1. The van der Waals surface area contributed by atoms with Gasteiger partial charge in [-0.25, -0.2) is 0 Å². The highest BCUT2D eigenvalue weighted by molar-refractivity contribution is 7.99. The zero-order valence-electron chi connectivity index (χ0n) is 11.5. The van der Waals surface area contributed by atoms with Crippen molar-refractivity contribution in [3.05, 3.63) is 46.3 Å². The van der Waals surface area contributed by atoms with Crippen molar-refractivity contribution in [2.75, 3.05) is 24.6 Å². The zero-order chi connectivity index (χ0) is 14.7. The Balaban J connectivity index is 1.82. The standard InChI is InChI=1S/C16H16ClNOS2/c17-13-3-1-12(2-4-13)15-5-6-16(21-15)14(11-19)18-7-9-20-10-8-18/h1-6,11,14H,7-10H2/t14-/m0/s1. The molecule has 2 nitrogen and oxygen atoms in total. The van der Waals surface area contributed by atoms with Crippen LogP contribution in [0.5, 0.6) is 0 Å². The van der Waals surface area contributed by atoms with E-state index in [4.69, 9.17) is 11.6 Å². The minimum Gasteiger partial charge on any atom is -0.301 e. The minimum absolute atomic E-state index is 0.100. The summed E-state index contributed by atoms with van der Waals surface area (Å²) in [4.78, 5) is 16.1. The van der Waals surface area contributed by atoms with Gasteiger partial charge in [-0.2, -0.15) is 11.8 Å². The van der Waals surface area contributed by atoms with Gasteiger partial charge in [0.25, 0.3) is 0 Å². The number of hydrogen-bond donors (Lipinski definition) is 0. The number of aldehydes is 1. The van der Waals surface area contributed by atoms with Crippen LogP contribution < -0.4 is 0 Å². The normalized spacial score (nSPS) is 17.6. The molecule has 1 aromatic carbocycles. The van der Waals surface area contributed by atoms with E-state index in [1.165, 1.54) is 4.88 Å². The van der Waals surface area contributed by atoms with Crippen molar-refractivity contribution in [3.63, 3.8) is 0 Å². The molecule has 0 amide bonds. The monoisotopic (exact) mass is 337 g/mol. The highest BCUT2D eigenvalue weighted by Gasteiger charge is 2.23. The van der Waals surface area contributed by atoms with E-state index < -0.39 is 0 Å². The molecule has 1 fully saturated rings. The Labute approximate surface area is 138 Å². The largest absolute Gasteiger partial charge is 0.301 e. The summed E-state index contributed by atoms with van der Waals surface area (Å²) in [5.74, 6) is 2.22. The molecule has 0 unspecified atom stereocenters. The number of thiophene rings is 1. The Bertz CT molecular complexity index is 605. The molecule has 1 aliphatic heterocycles. The van der Waals surface area contributed by atoms with Crippen molar-refractivity contribution in [1.82, 2.24) is 4.90 Å². The maximum atomic E-state index is 11.5. The summed E-state index contributed by atoms with van der Waals surface area (Å²) in [6.07, 6.45) is 1.08. The highest BCUT2D eigenvalue weighted by Crippen LogP contribution is 2.34. The molecule has 110 valence electrons. The molecule has 1 aliphatic rings. The third kappa shape index (κ3) is 3.51. The second-order valence-electron chi connectivity index (χ2n) is 4.94. The molecule has 0 aliphatic carbocycles. The number of nitrogens with zero attached hydrogens (tertiary/aromatic N) is 1. The average molecular weight is 338 g/mol. The van der Waals surface area contributed by atoms with Gasteiger partial charge in [0.1, 0.15) is 12.3 Å². The van der Waals surface area contributed by atoms with Gasteiger partial charge >= 0.3 is 0 Å². The topological polar surface area (TPSA) is 20.3 Å². The Morgan fingerprint density at radius 3 is 2.48 bits per heavy atom. The van der Waals surface area contributed by atoms with Crippen LogP contribution in [0.3, 0.4) is 0 Å². The molecule has 2 aromatic rings. The maximum absolute atomic E-state index is 11.5. The van der Waals surface area contributed by atoms with Gasteiger partial charge in [0.2, 0.25) is 0 Å². The van der Waals surface area contributed by atoms with E-state index in [9.17, 15) is 4.79 Å². The summed E-state index contributed by atoms with van der Waals surface area (Å²) < 4.78 is 0. The minimum atomic E-state index is -0.100. The predicted molar refractivity (Wildman–Crippen MR) is 92.5 cm³/mol. The molecular weight excluding hydrogens is 322 g/mol. The molecule has 0 spiro atoms. The quantitative estimate of drug-likeness (QED) is 0.773. The fourth-order valence-electron chi connectivity index (χ4n) is 2.47. The second-order valence-corrected chi connectivity index (χ2v) is 7.71. The molecule has 3 rings (SSSR count). The van der Waals surface area contributed by atoms with E-state index in [0.29, 0.717) is 0 Å². The van der Waals surface area contributed by atoms with Gasteiger partial charge in [-0.15, -0.1) is 11.3 Å². The Hall–Kier alpha value is -0.810. The first-order valence-corrected chi connectivity index (χ1v) is 9.25. The average Bonchev–Trinajstić information content (AvgIpc) is 2.99. The van der Waals surface area contributed by atoms with Crippen LogP contribution in [0.25, 0.3) is 10.4 Å². The van der Waals surface area contributed by atoms with Crippen LogP contribution in [0.1, 0.15) is 10.9 Å². The molecular formula is C16H16ClNOS2. The molecule has 0 bridgehead atoms. The van der Waals surface area contributed by atoms with Gasteiger partial charge < -0.3 is 4.79 Å². The lowest BCUT2D eigenvalue weighted by Crippen LogP contribution is -2.36. The van der Waals surface area contributed by atoms with Crippen molar-refractivity contribution >= 4 is 41.0 Å². The summed E-state index contributed by atoms with van der Waals surface area (Å²) >= 11 is 9.58. The fourth-order valence-corrected chi connectivity index (χ4v) is 4.63. The van der Waals surface area contributed by atoms with Crippen molar-refractivity contribution in [3.8, 4) is 10.4 Å². The molecule has 2 heterocycles. The summed E-state index contributed by atoms with van der Waals surface area (Å²) in [6, 6.07) is 11.9. The number of benzene rings is 1. The number of rotatable bonds is 4. The Morgan fingerprint density at radius 1 is 1.10 bits per heavy atom. The predicted octanol–water partition coefficient (Wildman–Crippen LogP) is 4.36. The van der Waals surface area contributed by atoms with Gasteiger partial charge in [-0.1, -0.05) is 23.7 Å². The molecule has 1 atom stereocenters. The van der Waals surface area contributed by atoms with Crippen LogP contribution >= 0.6 is 34.7 Å². The SMILES string of the molecule is O=C[C@@H](c1ccc(-c2ccc(Cl)cc2)s1)N1CCSCC1. The first-order chi connectivity index (χ1) is 10.3. The Kier molecular flexibility index (Phi) is 5.01. The van der Waals surface area contributed by atoms with Crippen LogP contribution in [0.4, 0.5) is 0 Å². The third-order valence-corrected chi connectivity index (χ3v) is 6.01.